The van der Waals surface area contributed by atoms with Crippen LogP contribution in [0.4, 0.5) is 0 Å². The summed E-state index contributed by atoms with van der Waals surface area (Å²) in [5.74, 6) is 1.08. The highest BCUT2D eigenvalue weighted by Gasteiger charge is 2.69. The summed E-state index contributed by atoms with van der Waals surface area (Å²) in [6, 6.07) is 0. The normalized spacial score (nSPS) is 30.2. The maximum Gasteiger partial charge on any atom is 0.257 e. The summed E-state index contributed by atoms with van der Waals surface area (Å²) < 4.78 is 0. The van der Waals surface area contributed by atoms with Crippen molar-refractivity contribution in [2.75, 3.05) is 19.6 Å². The van der Waals surface area contributed by atoms with Crippen molar-refractivity contribution in [3.8, 4) is 0 Å². The molecule has 4 rings (SSSR count). The van der Waals surface area contributed by atoms with Gasteiger partial charge in [0.05, 0.1) is 5.56 Å². The van der Waals surface area contributed by atoms with Gasteiger partial charge in [-0.05, 0) is 37.5 Å². The predicted molar refractivity (Wildman–Crippen MR) is 83.5 cm³/mol. The van der Waals surface area contributed by atoms with Crippen LogP contribution in [0.3, 0.4) is 0 Å². The molecule has 3 heterocycles. The van der Waals surface area contributed by atoms with E-state index in [2.05, 4.69) is 16.9 Å². The molecule has 1 aromatic rings. The SMILES string of the molecule is CC1CCN(C(=O)C23CC2CCN3C(=O)c2cncnc2)CC1. The molecule has 6 heteroatoms. The summed E-state index contributed by atoms with van der Waals surface area (Å²) in [5.41, 5.74) is -0.104. The molecule has 2 atom stereocenters. The molecule has 1 saturated carbocycles. The van der Waals surface area contributed by atoms with Gasteiger partial charge < -0.3 is 9.80 Å². The van der Waals surface area contributed by atoms with Crippen LogP contribution in [-0.4, -0.2) is 56.8 Å². The largest absolute Gasteiger partial charge is 0.341 e. The number of fused-ring (bicyclic) bond motifs is 1. The van der Waals surface area contributed by atoms with Gasteiger partial charge in [-0.15, -0.1) is 0 Å². The van der Waals surface area contributed by atoms with Crippen LogP contribution in [0.5, 0.6) is 0 Å². The Bertz CT molecular complexity index is 627. The van der Waals surface area contributed by atoms with Crippen LogP contribution in [0.1, 0.15) is 43.0 Å². The van der Waals surface area contributed by atoms with Crippen LogP contribution in [0.15, 0.2) is 18.7 Å². The first-order valence-electron chi connectivity index (χ1n) is 8.49. The van der Waals surface area contributed by atoms with E-state index in [9.17, 15) is 9.59 Å². The standard InChI is InChI=1S/C17H22N4O2/c1-12-2-5-20(6-3-12)16(23)17-8-14(17)4-7-21(17)15(22)13-9-18-11-19-10-13/h9-12,14H,2-8H2,1H3. The summed E-state index contributed by atoms with van der Waals surface area (Å²) in [4.78, 5) is 37.5. The predicted octanol–water partition coefficient (Wildman–Crippen LogP) is 1.34. The molecule has 1 aromatic heterocycles. The van der Waals surface area contributed by atoms with E-state index >= 15 is 0 Å². The van der Waals surface area contributed by atoms with Crippen LogP contribution < -0.4 is 0 Å². The molecule has 6 nitrogen and oxygen atoms in total. The minimum Gasteiger partial charge on any atom is -0.341 e. The number of rotatable bonds is 2. The van der Waals surface area contributed by atoms with Crippen LogP contribution in [0.25, 0.3) is 0 Å². The first kappa shape index (κ1) is 14.6. The Morgan fingerprint density at radius 2 is 1.83 bits per heavy atom. The molecule has 0 spiro atoms. The smallest absolute Gasteiger partial charge is 0.257 e. The molecule has 2 saturated heterocycles. The quantitative estimate of drug-likeness (QED) is 0.826. The van der Waals surface area contributed by atoms with Crippen molar-refractivity contribution < 1.29 is 9.59 Å². The Hall–Kier alpha value is -1.98. The van der Waals surface area contributed by atoms with E-state index in [1.165, 1.54) is 18.7 Å². The van der Waals surface area contributed by atoms with Crippen LogP contribution in [0, 0.1) is 11.8 Å². The third kappa shape index (κ3) is 2.23. The van der Waals surface area contributed by atoms with Gasteiger partial charge in [-0.25, -0.2) is 9.97 Å². The number of amides is 2. The fraction of sp³-hybridized carbons (Fsp3) is 0.647. The van der Waals surface area contributed by atoms with Crippen molar-refractivity contribution in [1.82, 2.24) is 19.8 Å². The third-order valence-electron chi connectivity index (χ3n) is 5.75. The average Bonchev–Trinajstić information content (AvgIpc) is 3.21. The number of aromatic nitrogens is 2. The second-order valence-corrected chi connectivity index (χ2v) is 7.17. The van der Waals surface area contributed by atoms with Gasteiger partial charge in [0.1, 0.15) is 11.9 Å². The number of likely N-dealkylation sites (tertiary alicyclic amines) is 2. The van der Waals surface area contributed by atoms with Crippen molar-refractivity contribution in [2.45, 2.75) is 38.1 Å². The van der Waals surface area contributed by atoms with Crippen molar-refractivity contribution in [1.29, 1.82) is 0 Å². The van der Waals surface area contributed by atoms with E-state index in [-0.39, 0.29) is 11.8 Å². The van der Waals surface area contributed by atoms with Crippen molar-refractivity contribution in [3.05, 3.63) is 24.3 Å². The van der Waals surface area contributed by atoms with E-state index in [4.69, 9.17) is 0 Å². The Balaban J connectivity index is 1.55. The van der Waals surface area contributed by atoms with E-state index in [0.29, 0.717) is 23.9 Å². The van der Waals surface area contributed by atoms with Crippen LogP contribution in [-0.2, 0) is 4.79 Å². The monoisotopic (exact) mass is 314 g/mol. The molecular formula is C17H22N4O2. The zero-order chi connectivity index (χ0) is 16.0. The molecule has 3 aliphatic rings. The zero-order valence-corrected chi connectivity index (χ0v) is 13.4. The number of hydrogen-bond acceptors (Lipinski definition) is 4. The molecule has 2 aliphatic heterocycles. The topological polar surface area (TPSA) is 66.4 Å². The number of carbonyl (C=O) groups is 2. The van der Waals surface area contributed by atoms with Crippen LogP contribution in [0.2, 0.25) is 0 Å². The summed E-state index contributed by atoms with van der Waals surface area (Å²) in [6.45, 7) is 4.55. The molecule has 0 N–H and O–H groups in total. The minimum absolute atomic E-state index is 0.107. The van der Waals surface area contributed by atoms with Gasteiger partial charge in [-0.3, -0.25) is 9.59 Å². The summed E-state index contributed by atoms with van der Waals surface area (Å²) >= 11 is 0. The van der Waals surface area contributed by atoms with Gasteiger partial charge in [-0.1, -0.05) is 6.92 Å². The third-order valence-corrected chi connectivity index (χ3v) is 5.75. The average molecular weight is 314 g/mol. The Morgan fingerprint density at radius 3 is 2.48 bits per heavy atom. The first-order chi connectivity index (χ1) is 11.1. The number of piperidine rings is 2. The molecular weight excluding hydrogens is 292 g/mol. The summed E-state index contributed by atoms with van der Waals surface area (Å²) in [7, 11) is 0. The molecule has 23 heavy (non-hydrogen) atoms. The number of carbonyl (C=O) groups excluding carboxylic acids is 2. The van der Waals surface area contributed by atoms with E-state index in [1.54, 1.807) is 4.90 Å². The lowest BCUT2D eigenvalue weighted by Crippen LogP contribution is -2.53. The fourth-order valence-corrected chi connectivity index (χ4v) is 4.18. The molecule has 2 unspecified atom stereocenters. The second-order valence-electron chi connectivity index (χ2n) is 7.17. The first-order valence-corrected chi connectivity index (χ1v) is 8.49. The lowest BCUT2D eigenvalue weighted by Gasteiger charge is -2.36. The van der Waals surface area contributed by atoms with Gasteiger partial charge >= 0.3 is 0 Å². The van der Waals surface area contributed by atoms with Crippen molar-refractivity contribution in [3.63, 3.8) is 0 Å². The highest BCUT2D eigenvalue weighted by Crippen LogP contribution is 2.57. The lowest BCUT2D eigenvalue weighted by atomic mass is 9.98. The van der Waals surface area contributed by atoms with E-state index in [1.807, 2.05) is 4.90 Å². The second kappa shape index (κ2) is 5.28. The molecule has 0 aromatic carbocycles. The van der Waals surface area contributed by atoms with Crippen molar-refractivity contribution in [2.24, 2.45) is 11.8 Å². The molecule has 122 valence electrons. The molecule has 2 amide bonds. The fourth-order valence-electron chi connectivity index (χ4n) is 4.18. The molecule has 1 aliphatic carbocycles. The van der Waals surface area contributed by atoms with Gasteiger partial charge in [0.2, 0.25) is 5.91 Å². The molecule has 3 fully saturated rings. The van der Waals surface area contributed by atoms with Crippen LogP contribution >= 0.6 is 0 Å². The maximum atomic E-state index is 13.1. The number of nitrogens with zero attached hydrogens (tertiary/aromatic N) is 4. The highest BCUT2D eigenvalue weighted by atomic mass is 16.2. The Morgan fingerprint density at radius 1 is 1.13 bits per heavy atom. The highest BCUT2D eigenvalue weighted by molar-refractivity contribution is 6.01. The van der Waals surface area contributed by atoms with Gasteiger partial charge in [0, 0.05) is 32.0 Å². The van der Waals surface area contributed by atoms with Gasteiger partial charge in [0.25, 0.3) is 5.91 Å². The van der Waals surface area contributed by atoms with E-state index in [0.717, 1.165) is 38.8 Å². The van der Waals surface area contributed by atoms with E-state index < -0.39 is 5.54 Å². The Kier molecular flexibility index (Phi) is 3.36. The van der Waals surface area contributed by atoms with Gasteiger partial charge in [-0.2, -0.15) is 0 Å². The summed E-state index contributed by atoms with van der Waals surface area (Å²) in [5, 5.41) is 0. The minimum atomic E-state index is -0.576. The molecule has 0 bridgehead atoms. The summed E-state index contributed by atoms with van der Waals surface area (Å²) in [6.07, 6.45) is 8.35. The van der Waals surface area contributed by atoms with Gasteiger partial charge in [0.15, 0.2) is 0 Å². The maximum absolute atomic E-state index is 13.1. The molecule has 0 radical (unpaired) electrons. The lowest BCUT2D eigenvalue weighted by molar-refractivity contribution is -0.138. The van der Waals surface area contributed by atoms with Crippen molar-refractivity contribution >= 4 is 11.8 Å². The number of hydrogen-bond donors (Lipinski definition) is 0. The Labute approximate surface area is 135 Å². The zero-order valence-electron chi connectivity index (χ0n) is 13.4.